The summed E-state index contributed by atoms with van der Waals surface area (Å²) in [5, 5.41) is 0. The lowest BCUT2D eigenvalue weighted by atomic mass is 10.1. The van der Waals surface area contributed by atoms with E-state index in [-0.39, 0.29) is 6.10 Å². The van der Waals surface area contributed by atoms with Crippen LogP contribution in [0.4, 0.5) is 0 Å². The van der Waals surface area contributed by atoms with Crippen LogP contribution in [-0.2, 0) is 6.42 Å². The summed E-state index contributed by atoms with van der Waals surface area (Å²) >= 11 is 0. The van der Waals surface area contributed by atoms with Crippen LogP contribution in [-0.4, -0.2) is 12.6 Å². The Labute approximate surface area is 79.7 Å². The maximum absolute atomic E-state index is 5.58. The smallest absolute Gasteiger partial charge is 0.119 e. The molecule has 0 spiro atoms. The van der Waals surface area contributed by atoms with Crippen molar-refractivity contribution in [2.45, 2.75) is 26.4 Å². The second-order valence-corrected chi connectivity index (χ2v) is 3.42. The third-order valence-corrected chi connectivity index (χ3v) is 1.74. The number of rotatable bonds is 4. The van der Waals surface area contributed by atoms with Crippen LogP contribution in [0.2, 0.25) is 0 Å². The highest BCUT2D eigenvalue weighted by atomic mass is 16.5. The molecular weight excluding hydrogens is 162 g/mol. The zero-order valence-electron chi connectivity index (χ0n) is 8.42. The van der Waals surface area contributed by atoms with Gasteiger partial charge in [-0.05, 0) is 31.5 Å². The first-order valence-electron chi connectivity index (χ1n) is 4.77. The quantitative estimate of drug-likeness (QED) is 0.744. The maximum atomic E-state index is 5.58. The van der Waals surface area contributed by atoms with Crippen molar-refractivity contribution in [3.05, 3.63) is 29.8 Å². The van der Waals surface area contributed by atoms with E-state index >= 15 is 0 Å². The predicted octanol–water partition coefficient (Wildman–Crippen LogP) is 1.26. The summed E-state index contributed by atoms with van der Waals surface area (Å²) in [7, 11) is 0. The molecule has 0 saturated carbocycles. The number of benzene rings is 1. The molecule has 0 aliphatic rings. The third kappa shape index (κ3) is 3.47. The molecule has 1 rings (SSSR count). The van der Waals surface area contributed by atoms with Crippen molar-refractivity contribution in [3.63, 3.8) is 0 Å². The fraction of sp³-hybridized carbons (Fsp3) is 0.455. The molecule has 2 nitrogen and oxygen atoms in total. The van der Waals surface area contributed by atoms with Crippen LogP contribution in [0.25, 0.3) is 0 Å². The van der Waals surface area contributed by atoms with Crippen LogP contribution in [0.5, 0.6) is 5.75 Å². The zero-order chi connectivity index (χ0) is 9.68. The Morgan fingerprint density at radius 3 is 2.77 bits per heavy atom. The fourth-order valence-corrected chi connectivity index (χ4v) is 1.25. The molecule has 0 aromatic heterocycles. The van der Waals surface area contributed by atoms with E-state index in [0.717, 1.165) is 18.7 Å². The van der Waals surface area contributed by atoms with E-state index in [4.69, 9.17) is 4.74 Å². The Kier molecular flexibility index (Phi) is 3.77. The molecule has 0 amide bonds. The average molecular weight is 180 g/mol. The summed E-state index contributed by atoms with van der Waals surface area (Å²) in [6.07, 6.45) is 1.27. The van der Waals surface area contributed by atoms with E-state index < -0.39 is 0 Å². The van der Waals surface area contributed by atoms with Crippen LogP contribution < -0.4 is 10.5 Å². The molecule has 0 heterocycles. The summed E-state index contributed by atoms with van der Waals surface area (Å²) in [4.78, 5) is 0. The number of hydrogen-bond donors (Lipinski definition) is 1. The van der Waals surface area contributed by atoms with Gasteiger partial charge in [0.15, 0.2) is 0 Å². The van der Waals surface area contributed by atoms with Gasteiger partial charge in [0.2, 0.25) is 0 Å². The van der Waals surface area contributed by atoms with Crippen molar-refractivity contribution < 1.29 is 10.5 Å². The van der Waals surface area contributed by atoms with E-state index in [9.17, 15) is 0 Å². The zero-order valence-corrected chi connectivity index (χ0v) is 8.42. The van der Waals surface area contributed by atoms with Gasteiger partial charge >= 0.3 is 0 Å². The van der Waals surface area contributed by atoms with Crippen molar-refractivity contribution in [3.8, 4) is 5.75 Å². The summed E-state index contributed by atoms with van der Waals surface area (Å²) in [5.41, 5.74) is 5.13. The molecule has 0 unspecified atom stereocenters. The molecule has 72 valence electrons. The van der Waals surface area contributed by atoms with E-state index in [2.05, 4.69) is 17.9 Å². The van der Waals surface area contributed by atoms with Crippen molar-refractivity contribution in [2.24, 2.45) is 0 Å². The molecule has 0 bridgehead atoms. The minimum Gasteiger partial charge on any atom is -0.491 e. The van der Waals surface area contributed by atoms with Gasteiger partial charge in [-0.2, -0.15) is 0 Å². The molecule has 0 aliphatic heterocycles. The van der Waals surface area contributed by atoms with Crippen molar-refractivity contribution >= 4 is 0 Å². The first kappa shape index (κ1) is 10.1. The molecular formula is C11H18NO+. The minimum atomic E-state index is 0.245. The van der Waals surface area contributed by atoms with E-state index in [1.807, 2.05) is 26.0 Å². The van der Waals surface area contributed by atoms with Gasteiger partial charge in [0, 0.05) is 6.42 Å². The van der Waals surface area contributed by atoms with Gasteiger partial charge in [-0.3, -0.25) is 0 Å². The van der Waals surface area contributed by atoms with Gasteiger partial charge in [0.1, 0.15) is 5.75 Å². The van der Waals surface area contributed by atoms with Crippen LogP contribution in [0.15, 0.2) is 24.3 Å². The lowest BCUT2D eigenvalue weighted by molar-refractivity contribution is -0.366. The standard InChI is InChI=1S/C11H17NO/c1-9(2)13-11-5-3-4-10(8-11)6-7-12/h3-5,8-9H,6-7,12H2,1-2H3/p+1. The molecule has 3 N–H and O–H groups in total. The molecule has 1 aromatic rings. The first-order chi connectivity index (χ1) is 6.22. The molecule has 1 aromatic carbocycles. The predicted molar refractivity (Wildman–Crippen MR) is 53.7 cm³/mol. The number of hydrogen-bond acceptors (Lipinski definition) is 1. The van der Waals surface area contributed by atoms with E-state index in [0.29, 0.717) is 0 Å². The summed E-state index contributed by atoms with van der Waals surface area (Å²) in [6, 6.07) is 8.22. The third-order valence-electron chi connectivity index (χ3n) is 1.74. The fourth-order valence-electron chi connectivity index (χ4n) is 1.25. The average Bonchev–Trinajstić information content (AvgIpc) is 2.04. The van der Waals surface area contributed by atoms with Gasteiger partial charge in [-0.15, -0.1) is 0 Å². The van der Waals surface area contributed by atoms with E-state index in [1.165, 1.54) is 5.56 Å². The second-order valence-electron chi connectivity index (χ2n) is 3.42. The first-order valence-corrected chi connectivity index (χ1v) is 4.77. The van der Waals surface area contributed by atoms with Crippen molar-refractivity contribution in [1.82, 2.24) is 0 Å². The Bertz CT molecular complexity index is 258. The summed E-state index contributed by atoms with van der Waals surface area (Å²) < 4.78 is 5.58. The van der Waals surface area contributed by atoms with Crippen LogP contribution in [0, 0.1) is 0 Å². The highest BCUT2D eigenvalue weighted by Gasteiger charge is 1.98. The lowest BCUT2D eigenvalue weighted by Crippen LogP contribution is -2.51. The van der Waals surface area contributed by atoms with Gasteiger partial charge in [-0.1, -0.05) is 12.1 Å². The van der Waals surface area contributed by atoms with Crippen LogP contribution >= 0.6 is 0 Å². The van der Waals surface area contributed by atoms with Crippen LogP contribution in [0.3, 0.4) is 0 Å². The van der Waals surface area contributed by atoms with Gasteiger partial charge < -0.3 is 10.5 Å². The normalized spacial score (nSPS) is 10.5. The van der Waals surface area contributed by atoms with Crippen molar-refractivity contribution in [2.75, 3.05) is 6.54 Å². The second kappa shape index (κ2) is 4.87. The topological polar surface area (TPSA) is 36.9 Å². The molecule has 0 saturated heterocycles. The molecule has 0 fully saturated rings. The van der Waals surface area contributed by atoms with Gasteiger partial charge in [0.05, 0.1) is 12.6 Å². The van der Waals surface area contributed by atoms with Crippen molar-refractivity contribution in [1.29, 1.82) is 0 Å². The Hall–Kier alpha value is -1.02. The molecule has 13 heavy (non-hydrogen) atoms. The monoisotopic (exact) mass is 180 g/mol. The molecule has 0 radical (unpaired) electrons. The summed E-state index contributed by atoms with van der Waals surface area (Å²) in [6.45, 7) is 5.01. The Balaban J connectivity index is 2.67. The SMILES string of the molecule is CC(C)Oc1cccc(CC[NH3+])c1. The summed E-state index contributed by atoms with van der Waals surface area (Å²) in [5.74, 6) is 0.959. The minimum absolute atomic E-state index is 0.245. The van der Waals surface area contributed by atoms with Gasteiger partial charge in [-0.25, -0.2) is 0 Å². The lowest BCUT2D eigenvalue weighted by Gasteiger charge is -2.10. The Morgan fingerprint density at radius 1 is 1.38 bits per heavy atom. The molecule has 2 heteroatoms. The van der Waals surface area contributed by atoms with Crippen LogP contribution in [0.1, 0.15) is 19.4 Å². The molecule has 0 atom stereocenters. The maximum Gasteiger partial charge on any atom is 0.119 e. The Morgan fingerprint density at radius 2 is 2.15 bits per heavy atom. The largest absolute Gasteiger partial charge is 0.491 e. The highest BCUT2D eigenvalue weighted by molar-refractivity contribution is 5.28. The number of ether oxygens (including phenoxy) is 1. The molecule has 0 aliphatic carbocycles. The van der Waals surface area contributed by atoms with E-state index in [1.54, 1.807) is 0 Å². The highest BCUT2D eigenvalue weighted by Crippen LogP contribution is 2.14. The van der Waals surface area contributed by atoms with Gasteiger partial charge in [0.25, 0.3) is 0 Å². The number of quaternary nitrogens is 1.